The summed E-state index contributed by atoms with van der Waals surface area (Å²) in [7, 11) is 0. The highest BCUT2D eigenvalue weighted by atomic mass is 35.5. The van der Waals surface area contributed by atoms with Crippen LogP contribution in [-0.2, 0) is 13.1 Å². The van der Waals surface area contributed by atoms with E-state index in [1.165, 1.54) is 6.07 Å². The molecule has 3 aromatic carbocycles. The molecule has 0 heterocycles. The highest BCUT2D eigenvalue weighted by Gasteiger charge is 2.10. The normalized spacial score (nSPS) is 10.4. The van der Waals surface area contributed by atoms with Crippen LogP contribution in [0.1, 0.15) is 37.4 Å². The highest BCUT2D eigenvalue weighted by Crippen LogP contribution is 2.20. The molecule has 0 aliphatic heterocycles. The number of nitrogen functional groups attached to an aromatic ring is 1. The van der Waals surface area contributed by atoms with Gasteiger partial charge in [-0.05, 0) is 47.5 Å². The third-order valence-electron chi connectivity index (χ3n) is 4.60. The van der Waals surface area contributed by atoms with Crippen LogP contribution in [0.2, 0.25) is 5.02 Å². The number of halogens is 1. The van der Waals surface area contributed by atoms with Gasteiger partial charge in [0.2, 0.25) is 0 Å². The van der Waals surface area contributed by atoms with Gasteiger partial charge in [0, 0.05) is 34.9 Å². The molecule has 3 rings (SSSR count). The maximum absolute atomic E-state index is 12.4. The van der Waals surface area contributed by atoms with Gasteiger partial charge >= 0.3 is 5.97 Å². The van der Waals surface area contributed by atoms with Crippen LogP contribution in [0, 0.1) is 5.41 Å². The predicted octanol–water partition coefficient (Wildman–Crippen LogP) is 3.86. The van der Waals surface area contributed by atoms with Crippen molar-refractivity contribution in [1.82, 2.24) is 5.32 Å². The van der Waals surface area contributed by atoms with Crippen molar-refractivity contribution in [3.63, 3.8) is 0 Å². The molecule has 31 heavy (non-hydrogen) atoms. The minimum Gasteiger partial charge on any atom is -0.478 e. The van der Waals surface area contributed by atoms with E-state index in [0.717, 1.165) is 11.1 Å². The number of carboxylic acids is 1. The average molecular weight is 437 g/mol. The number of nitrogens with two attached hydrogens (primary N) is 1. The molecule has 0 bridgehead atoms. The Balaban J connectivity index is 1.77. The molecule has 0 saturated heterocycles. The smallest absolute Gasteiger partial charge is 0.335 e. The maximum Gasteiger partial charge on any atom is 0.335 e. The van der Waals surface area contributed by atoms with Crippen molar-refractivity contribution in [3.8, 4) is 0 Å². The summed E-state index contributed by atoms with van der Waals surface area (Å²) in [5.74, 6) is -1.34. The minimum absolute atomic E-state index is 0.0783. The minimum atomic E-state index is -0.996. The van der Waals surface area contributed by atoms with Gasteiger partial charge in [0.15, 0.2) is 0 Å². The van der Waals surface area contributed by atoms with Gasteiger partial charge in [0.25, 0.3) is 5.91 Å². The van der Waals surface area contributed by atoms with Gasteiger partial charge in [-0.1, -0.05) is 41.9 Å². The van der Waals surface area contributed by atoms with Crippen molar-refractivity contribution < 1.29 is 14.7 Å². The first-order valence-electron chi connectivity index (χ1n) is 9.40. The number of carbonyl (C=O) groups is 2. The SMILES string of the molecule is N=C(N)c1ccc(CNC(=O)c2cccc(Cl)c2)c(NCc2cccc(C(=O)O)c2)c1. The number of amides is 1. The largest absolute Gasteiger partial charge is 0.478 e. The van der Waals surface area contributed by atoms with E-state index in [1.54, 1.807) is 54.6 Å². The number of hydrogen-bond donors (Lipinski definition) is 5. The van der Waals surface area contributed by atoms with Crippen molar-refractivity contribution in [2.75, 3.05) is 5.32 Å². The third kappa shape index (κ3) is 5.83. The van der Waals surface area contributed by atoms with Crippen molar-refractivity contribution in [2.24, 2.45) is 5.73 Å². The summed E-state index contributed by atoms with van der Waals surface area (Å²) in [4.78, 5) is 23.6. The maximum atomic E-state index is 12.4. The molecule has 3 aromatic rings. The van der Waals surface area contributed by atoms with E-state index in [4.69, 9.17) is 27.9 Å². The Labute approximate surface area is 184 Å². The molecular formula is C23H21ClN4O3. The Morgan fingerprint density at radius 2 is 1.68 bits per heavy atom. The van der Waals surface area contributed by atoms with Crippen LogP contribution in [0.4, 0.5) is 5.69 Å². The molecule has 0 spiro atoms. The molecule has 0 saturated carbocycles. The van der Waals surface area contributed by atoms with Crippen LogP contribution in [0.5, 0.6) is 0 Å². The Morgan fingerprint density at radius 3 is 2.39 bits per heavy atom. The first kappa shape index (κ1) is 21.9. The molecule has 0 atom stereocenters. The first-order valence-corrected chi connectivity index (χ1v) is 9.78. The second-order valence-electron chi connectivity index (χ2n) is 6.84. The van der Waals surface area contributed by atoms with Gasteiger partial charge < -0.3 is 21.5 Å². The second-order valence-corrected chi connectivity index (χ2v) is 7.27. The quantitative estimate of drug-likeness (QED) is 0.270. The summed E-state index contributed by atoms with van der Waals surface area (Å²) >= 11 is 5.95. The van der Waals surface area contributed by atoms with Crippen LogP contribution in [0.25, 0.3) is 0 Å². The van der Waals surface area contributed by atoms with E-state index in [9.17, 15) is 9.59 Å². The lowest BCUT2D eigenvalue weighted by Gasteiger charge is -2.15. The Hall–Kier alpha value is -3.84. The van der Waals surface area contributed by atoms with E-state index in [2.05, 4.69) is 10.6 Å². The van der Waals surface area contributed by atoms with Crippen molar-refractivity contribution >= 4 is 35.0 Å². The summed E-state index contributed by atoms with van der Waals surface area (Å²) in [6.07, 6.45) is 0. The molecule has 6 N–H and O–H groups in total. The standard InChI is InChI=1S/C23H21ClN4O3/c24-19-6-2-4-16(10-19)22(29)28-13-18-8-7-15(21(25)26)11-20(18)27-12-14-3-1-5-17(9-14)23(30)31/h1-11,27H,12-13H2,(H3,25,26)(H,28,29)(H,30,31). The first-order chi connectivity index (χ1) is 14.8. The number of carboxylic acid groups (broad SMARTS) is 1. The molecule has 0 fully saturated rings. The van der Waals surface area contributed by atoms with Gasteiger partial charge in [0.1, 0.15) is 5.84 Å². The third-order valence-corrected chi connectivity index (χ3v) is 4.84. The van der Waals surface area contributed by atoms with Crippen LogP contribution >= 0.6 is 11.6 Å². The van der Waals surface area contributed by atoms with E-state index < -0.39 is 5.97 Å². The number of carbonyl (C=O) groups excluding carboxylic acids is 1. The Kier molecular flexibility index (Phi) is 6.89. The molecule has 158 valence electrons. The number of rotatable bonds is 8. The summed E-state index contributed by atoms with van der Waals surface area (Å²) in [5.41, 5.74) is 9.05. The number of hydrogen-bond acceptors (Lipinski definition) is 4. The Bertz CT molecular complexity index is 1150. The van der Waals surface area contributed by atoms with Crippen molar-refractivity contribution in [1.29, 1.82) is 5.41 Å². The van der Waals surface area contributed by atoms with E-state index in [1.807, 2.05) is 6.07 Å². The van der Waals surface area contributed by atoms with Gasteiger partial charge in [0.05, 0.1) is 5.56 Å². The summed E-state index contributed by atoms with van der Waals surface area (Å²) in [6.45, 7) is 0.596. The van der Waals surface area contributed by atoms with Crippen LogP contribution in [0.3, 0.4) is 0 Å². The summed E-state index contributed by atoms with van der Waals surface area (Å²) < 4.78 is 0. The van der Waals surface area contributed by atoms with E-state index in [-0.39, 0.29) is 23.9 Å². The molecule has 0 aliphatic rings. The molecule has 0 unspecified atom stereocenters. The fraction of sp³-hybridized carbons (Fsp3) is 0.0870. The number of aromatic carboxylic acids is 1. The van der Waals surface area contributed by atoms with Gasteiger partial charge in [-0.2, -0.15) is 0 Å². The zero-order valence-electron chi connectivity index (χ0n) is 16.5. The Morgan fingerprint density at radius 1 is 0.935 bits per heavy atom. The monoisotopic (exact) mass is 436 g/mol. The fourth-order valence-electron chi connectivity index (χ4n) is 2.98. The lowest BCUT2D eigenvalue weighted by molar-refractivity contribution is 0.0696. The van der Waals surface area contributed by atoms with Gasteiger partial charge in [-0.3, -0.25) is 10.2 Å². The van der Waals surface area contributed by atoms with Crippen LogP contribution in [-0.4, -0.2) is 22.8 Å². The molecule has 1 amide bonds. The van der Waals surface area contributed by atoms with Crippen molar-refractivity contribution in [2.45, 2.75) is 13.1 Å². The van der Waals surface area contributed by atoms with Crippen molar-refractivity contribution in [3.05, 3.63) is 99.6 Å². The van der Waals surface area contributed by atoms with Crippen LogP contribution in [0.15, 0.2) is 66.7 Å². The lowest BCUT2D eigenvalue weighted by Crippen LogP contribution is -2.23. The van der Waals surface area contributed by atoms with E-state index in [0.29, 0.717) is 28.4 Å². The zero-order valence-corrected chi connectivity index (χ0v) is 17.2. The van der Waals surface area contributed by atoms with Crippen LogP contribution < -0.4 is 16.4 Å². The lowest BCUT2D eigenvalue weighted by atomic mass is 10.1. The number of anilines is 1. The summed E-state index contributed by atoms with van der Waals surface area (Å²) in [6, 6.07) is 18.5. The molecular weight excluding hydrogens is 416 g/mol. The summed E-state index contributed by atoms with van der Waals surface area (Å²) in [5, 5.41) is 23.4. The fourth-order valence-corrected chi connectivity index (χ4v) is 3.17. The van der Waals surface area contributed by atoms with Gasteiger partial charge in [-0.15, -0.1) is 0 Å². The van der Waals surface area contributed by atoms with Gasteiger partial charge in [-0.25, -0.2) is 4.79 Å². The number of amidine groups is 1. The number of benzene rings is 3. The molecule has 7 nitrogen and oxygen atoms in total. The molecule has 0 radical (unpaired) electrons. The molecule has 0 aliphatic carbocycles. The topological polar surface area (TPSA) is 128 Å². The number of nitrogens with one attached hydrogen (secondary N) is 3. The zero-order chi connectivity index (χ0) is 22.4. The highest BCUT2D eigenvalue weighted by molar-refractivity contribution is 6.30. The van der Waals surface area contributed by atoms with E-state index >= 15 is 0 Å². The molecule has 0 aromatic heterocycles. The second kappa shape index (κ2) is 9.77. The predicted molar refractivity (Wildman–Crippen MR) is 121 cm³/mol. The molecule has 8 heteroatoms. The average Bonchev–Trinajstić information content (AvgIpc) is 2.76.